The molecule has 0 amide bonds. The third-order valence-corrected chi connectivity index (χ3v) is 5.46. The second kappa shape index (κ2) is 14.3. The summed E-state index contributed by atoms with van der Waals surface area (Å²) in [4.78, 5) is 0. The molecule has 0 bridgehead atoms. The van der Waals surface area contributed by atoms with Crippen LogP contribution in [0.4, 0.5) is 0 Å². The van der Waals surface area contributed by atoms with Gasteiger partial charge in [0.05, 0.1) is 6.61 Å². The molecule has 1 saturated carbocycles. The molecule has 1 rings (SSSR count). The van der Waals surface area contributed by atoms with Gasteiger partial charge in [0.2, 0.25) is 0 Å². The van der Waals surface area contributed by atoms with Gasteiger partial charge in [-0.25, -0.2) is 0 Å². The highest BCUT2D eigenvalue weighted by Crippen LogP contribution is 2.38. The SMILES string of the molecule is CCCCCCCC[C@H]1CCC[C@@H]1CCCCCC=CCO. The molecule has 0 aromatic rings. The molecule has 1 fully saturated rings. The first-order chi connectivity index (χ1) is 10.9. The molecule has 22 heavy (non-hydrogen) atoms. The molecule has 2 atom stereocenters. The van der Waals surface area contributed by atoms with Crippen molar-refractivity contribution in [2.45, 2.75) is 103 Å². The quantitative estimate of drug-likeness (QED) is 0.281. The third-order valence-electron chi connectivity index (χ3n) is 5.46. The Kier molecular flexibility index (Phi) is 12.8. The van der Waals surface area contributed by atoms with Crippen LogP contribution >= 0.6 is 0 Å². The Morgan fingerprint density at radius 1 is 0.773 bits per heavy atom. The van der Waals surface area contributed by atoms with E-state index in [9.17, 15) is 0 Å². The van der Waals surface area contributed by atoms with Crippen LogP contribution in [0.2, 0.25) is 0 Å². The summed E-state index contributed by atoms with van der Waals surface area (Å²) >= 11 is 0. The highest BCUT2D eigenvalue weighted by Gasteiger charge is 2.25. The molecule has 0 unspecified atom stereocenters. The van der Waals surface area contributed by atoms with Crippen molar-refractivity contribution < 1.29 is 5.11 Å². The standard InChI is InChI=1S/C21H40O/c1-2-3-4-5-8-11-15-20-17-14-18-21(20)16-12-9-6-7-10-13-19-22/h10,13,20-22H,2-9,11-12,14-19H2,1H3/t20-,21-/m0/s1. The van der Waals surface area contributed by atoms with E-state index in [0.29, 0.717) is 0 Å². The van der Waals surface area contributed by atoms with Gasteiger partial charge in [-0.05, 0) is 24.7 Å². The number of hydrogen-bond acceptors (Lipinski definition) is 1. The van der Waals surface area contributed by atoms with Crippen molar-refractivity contribution in [1.82, 2.24) is 0 Å². The van der Waals surface area contributed by atoms with Crippen LogP contribution in [0.5, 0.6) is 0 Å². The van der Waals surface area contributed by atoms with Gasteiger partial charge in [0.15, 0.2) is 0 Å². The predicted octanol–water partition coefficient (Wildman–Crippen LogP) is 6.65. The summed E-state index contributed by atoms with van der Waals surface area (Å²) in [6.45, 7) is 2.49. The van der Waals surface area contributed by atoms with Crippen LogP contribution in [0.3, 0.4) is 0 Å². The van der Waals surface area contributed by atoms with E-state index in [0.717, 1.165) is 18.3 Å². The Balaban J connectivity index is 1.99. The number of unbranched alkanes of at least 4 members (excludes halogenated alkanes) is 8. The molecule has 1 nitrogen and oxygen atoms in total. The predicted molar refractivity (Wildman–Crippen MR) is 98.1 cm³/mol. The fraction of sp³-hybridized carbons (Fsp3) is 0.905. The van der Waals surface area contributed by atoms with Crippen molar-refractivity contribution in [1.29, 1.82) is 0 Å². The van der Waals surface area contributed by atoms with Gasteiger partial charge in [-0.1, -0.05) is 103 Å². The normalized spacial score (nSPS) is 21.9. The molecule has 0 aliphatic heterocycles. The van der Waals surface area contributed by atoms with Crippen molar-refractivity contribution in [2.75, 3.05) is 6.61 Å². The highest BCUT2D eigenvalue weighted by atomic mass is 16.2. The Morgan fingerprint density at radius 2 is 1.36 bits per heavy atom. The lowest BCUT2D eigenvalue weighted by molar-refractivity contribution is 0.322. The van der Waals surface area contributed by atoms with E-state index >= 15 is 0 Å². The van der Waals surface area contributed by atoms with Crippen molar-refractivity contribution in [3.8, 4) is 0 Å². The maximum atomic E-state index is 8.69. The summed E-state index contributed by atoms with van der Waals surface area (Å²) in [5, 5.41) is 8.69. The summed E-state index contributed by atoms with van der Waals surface area (Å²) < 4.78 is 0. The lowest BCUT2D eigenvalue weighted by Gasteiger charge is -2.19. The summed E-state index contributed by atoms with van der Waals surface area (Å²) in [6, 6.07) is 0. The molecule has 0 spiro atoms. The molecule has 0 aromatic carbocycles. The lowest BCUT2D eigenvalue weighted by Crippen LogP contribution is -2.08. The fourth-order valence-electron chi connectivity index (χ4n) is 4.10. The van der Waals surface area contributed by atoms with E-state index in [1.807, 2.05) is 6.08 Å². The number of hydrogen-bond donors (Lipinski definition) is 1. The zero-order chi connectivity index (χ0) is 15.9. The molecule has 0 radical (unpaired) electrons. The maximum absolute atomic E-state index is 8.69. The van der Waals surface area contributed by atoms with Crippen LogP contribution in [0.25, 0.3) is 0 Å². The zero-order valence-corrected chi connectivity index (χ0v) is 15.1. The number of aliphatic hydroxyl groups is 1. The second-order valence-electron chi connectivity index (χ2n) is 7.30. The minimum atomic E-state index is 0.197. The molecule has 1 aliphatic carbocycles. The van der Waals surface area contributed by atoms with Gasteiger partial charge in [0.1, 0.15) is 0 Å². The van der Waals surface area contributed by atoms with Gasteiger partial charge in [0, 0.05) is 0 Å². The summed E-state index contributed by atoms with van der Waals surface area (Å²) in [6.07, 6.45) is 25.4. The second-order valence-corrected chi connectivity index (χ2v) is 7.30. The number of aliphatic hydroxyl groups excluding tert-OH is 1. The van der Waals surface area contributed by atoms with Gasteiger partial charge in [-0.2, -0.15) is 0 Å². The Labute approximate surface area is 139 Å². The Morgan fingerprint density at radius 3 is 2.00 bits per heavy atom. The van der Waals surface area contributed by atoms with E-state index < -0.39 is 0 Å². The van der Waals surface area contributed by atoms with Crippen LogP contribution in [-0.4, -0.2) is 11.7 Å². The molecule has 0 aromatic heterocycles. The molecule has 1 heteroatoms. The van der Waals surface area contributed by atoms with Crippen LogP contribution in [0.1, 0.15) is 103 Å². The first-order valence-electron chi connectivity index (χ1n) is 10.1. The van der Waals surface area contributed by atoms with Gasteiger partial charge in [-0.3, -0.25) is 0 Å². The minimum Gasteiger partial charge on any atom is -0.392 e. The largest absolute Gasteiger partial charge is 0.392 e. The topological polar surface area (TPSA) is 20.2 Å². The first-order valence-corrected chi connectivity index (χ1v) is 10.1. The van der Waals surface area contributed by atoms with E-state index in [4.69, 9.17) is 5.11 Å². The average molecular weight is 309 g/mol. The van der Waals surface area contributed by atoms with Gasteiger partial charge in [-0.15, -0.1) is 0 Å². The average Bonchev–Trinajstić information content (AvgIpc) is 2.97. The lowest BCUT2D eigenvalue weighted by atomic mass is 9.87. The highest BCUT2D eigenvalue weighted by molar-refractivity contribution is 4.81. The molecular weight excluding hydrogens is 268 g/mol. The van der Waals surface area contributed by atoms with Crippen LogP contribution in [0, 0.1) is 11.8 Å². The van der Waals surface area contributed by atoms with Crippen LogP contribution in [-0.2, 0) is 0 Å². The van der Waals surface area contributed by atoms with E-state index in [2.05, 4.69) is 13.0 Å². The Bertz CT molecular complexity index is 259. The maximum Gasteiger partial charge on any atom is 0.0612 e. The van der Waals surface area contributed by atoms with Crippen LogP contribution < -0.4 is 0 Å². The molecule has 0 saturated heterocycles. The van der Waals surface area contributed by atoms with Crippen LogP contribution in [0.15, 0.2) is 12.2 Å². The molecule has 1 N–H and O–H groups in total. The summed E-state index contributed by atoms with van der Waals surface area (Å²) in [7, 11) is 0. The number of rotatable bonds is 14. The molecule has 130 valence electrons. The Hall–Kier alpha value is -0.300. The summed E-state index contributed by atoms with van der Waals surface area (Å²) in [5.74, 6) is 2.10. The van der Waals surface area contributed by atoms with Gasteiger partial charge >= 0.3 is 0 Å². The van der Waals surface area contributed by atoms with E-state index in [1.54, 1.807) is 0 Å². The van der Waals surface area contributed by atoms with Crippen molar-refractivity contribution >= 4 is 0 Å². The first kappa shape index (κ1) is 19.7. The monoisotopic (exact) mass is 308 g/mol. The smallest absolute Gasteiger partial charge is 0.0612 e. The molecular formula is C21H40O. The van der Waals surface area contributed by atoms with Crippen molar-refractivity contribution in [3.63, 3.8) is 0 Å². The van der Waals surface area contributed by atoms with Crippen molar-refractivity contribution in [3.05, 3.63) is 12.2 Å². The third kappa shape index (κ3) is 9.66. The van der Waals surface area contributed by atoms with Gasteiger partial charge < -0.3 is 5.11 Å². The van der Waals surface area contributed by atoms with E-state index in [-0.39, 0.29) is 6.61 Å². The van der Waals surface area contributed by atoms with Crippen molar-refractivity contribution in [2.24, 2.45) is 11.8 Å². The molecule has 1 aliphatic rings. The summed E-state index contributed by atoms with van der Waals surface area (Å²) in [5.41, 5.74) is 0. The number of allylic oxidation sites excluding steroid dienone is 1. The molecule has 0 heterocycles. The fourth-order valence-corrected chi connectivity index (χ4v) is 4.10. The zero-order valence-electron chi connectivity index (χ0n) is 15.1. The van der Waals surface area contributed by atoms with E-state index in [1.165, 1.54) is 89.9 Å². The van der Waals surface area contributed by atoms with Gasteiger partial charge in [0.25, 0.3) is 0 Å². The minimum absolute atomic E-state index is 0.197.